The summed E-state index contributed by atoms with van der Waals surface area (Å²) in [6, 6.07) is 10.9. The molecule has 0 unspecified atom stereocenters. The molecule has 30 heavy (non-hydrogen) atoms. The molecule has 0 aliphatic carbocycles. The molecule has 2 aromatic rings. The third-order valence-electron chi connectivity index (χ3n) is 4.48. The van der Waals surface area contributed by atoms with Crippen LogP contribution < -0.4 is 15.0 Å². The summed E-state index contributed by atoms with van der Waals surface area (Å²) in [5.74, 6) is -1.46. The topological polar surface area (TPSA) is 77.1 Å². The molecule has 0 spiro atoms. The van der Waals surface area contributed by atoms with E-state index in [1.165, 1.54) is 18.2 Å². The minimum absolute atomic E-state index is 0.000789. The molecule has 0 atom stereocenters. The maximum absolute atomic E-state index is 13.6. The molecular weight excluding hydrogens is 391 g/mol. The van der Waals surface area contributed by atoms with Gasteiger partial charge in [-0.1, -0.05) is 19.1 Å². The van der Waals surface area contributed by atoms with Crippen LogP contribution in [0.1, 0.15) is 23.7 Å². The second-order valence-corrected chi connectivity index (χ2v) is 6.73. The molecule has 1 amide bonds. The molecule has 0 saturated carbocycles. The van der Waals surface area contributed by atoms with E-state index in [0.717, 1.165) is 5.69 Å². The van der Waals surface area contributed by atoms with Crippen molar-refractivity contribution in [3.05, 3.63) is 53.8 Å². The fraction of sp³-hybridized carbons (Fsp3) is 0.364. The van der Waals surface area contributed by atoms with Crippen molar-refractivity contribution in [3.63, 3.8) is 0 Å². The number of nitrogens with one attached hydrogen (secondary N) is 1. The number of ether oxygens (including phenoxy) is 3. The first kappa shape index (κ1) is 21.6. The molecule has 2 aromatic carbocycles. The zero-order chi connectivity index (χ0) is 21.3. The number of halogens is 1. The van der Waals surface area contributed by atoms with Gasteiger partial charge in [0.05, 0.1) is 31.1 Å². The van der Waals surface area contributed by atoms with Crippen LogP contribution in [0.15, 0.2) is 42.5 Å². The summed E-state index contributed by atoms with van der Waals surface area (Å²) in [7, 11) is 0. The summed E-state index contributed by atoms with van der Waals surface area (Å²) in [6.07, 6.45) is 0.711. The highest BCUT2D eigenvalue weighted by Crippen LogP contribution is 2.26. The summed E-state index contributed by atoms with van der Waals surface area (Å²) in [5.41, 5.74) is 1.54. The lowest BCUT2D eigenvalue weighted by Crippen LogP contribution is -2.37. The van der Waals surface area contributed by atoms with Crippen molar-refractivity contribution in [2.24, 2.45) is 0 Å². The average molecular weight is 416 g/mol. The van der Waals surface area contributed by atoms with Gasteiger partial charge in [-0.3, -0.25) is 4.79 Å². The van der Waals surface area contributed by atoms with Crippen LogP contribution in [-0.2, 0) is 14.3 Å². The first-order chi connectivity index (χ1) is 14.6. The maximum Gasteiger partial charge on any atom is 0.340 e. The zero-order valence-corrected chi connectivity index (χ0v) is 16.9. The normalized spacial score (nSPS) is 13.6. The number of morpholine rings is 1. The molecule has 1 aliphatic rings. The number of carbonyl (C=O) groups excluding carboxylic acids is 2. The Morgan fingerprint density at radius 3 is 2.67 bits per heavy atom. The molecule has 1 heterocycles. The lowest BCUT2D eigenvalue weighted by Gasteiger charge is -2.30. The summed E-state index contributed by atoms with van der Waals surface area (Å²) < 4.78 is 29.5. The van der Waals surface area contributed by atoms with Gasteiger partial charge < -0.3 is 24.4 Å². The number of anilines is 2. The van der Waals surface area contributed by atoms with E-state index in [2.05, 4.69) is 10.2 Å². The molecule has 7 nitrogen and oxygen atoms in total. The van der Waals surface area contributed by atoms with E-state index < -0.39 is 17.7 Å². The largest absolute Gasteiger partial charge is 0.481 e. The number of benzene rings is 2. The van der Waals surface area contributed by atoms with Crippen LogP contribution in [0.3, 0.4) is 0 Å². The minimum atomic E-state index is -0.541. The van der Waals surface area contributed by atoms with Gasteiger partial charge >= 0.3 is 5.97 Å². The third-order valence-corrected chi connectivity index (χ3v) is 4.48. The fourth-order valence-electron chi connectivity index (χ4n) is 3.03. The molecule has 1 fully saturated rings. The first-order valence-corrected chi connectivity index (χ1v) is 9.89. The van der Waals surface area contributed by atoms with Gasteiger partial charge in [0.25, 0.3) is 5.91 Å². The number of rotatable bonds is 8. The van der Waals surface area contributed by atoms with Crippen molar-refractivity contribution in [1.82, 2.24) is 0 Å². The van der Waals surface area contributed by atoms with Crippen LogP contribution >= 0.6 is 0 Å². The van der Waals surface area contributed by atoms with E-state index in [1.54, 1.807) is 24.3 Å². The number of amides is 1. The van der Waals surface area contributed by atoms with Gasteiger partial charge in [-0.2, -0.15) is 0 Å². The average Bonchev–Trinajstić information content (AvgIpc) is 2.77. The fourth-order valence-corrected chi connectivity index (χ4v) is 3.03. The highest BCUT2D eigenvalue weighted by atomic mass is 19.1. The number of hydrogen-bond donors (Lipinski definition) is 1. The second kappa shape index (κ2) is 10.6. The number of para-hydroxylation sites is 1. The number of nitrogens with zero attached hydrogens (tertiary/aromatic N) is 1. The molecule has 0 aromatic heterocycles. The predicted octanol–water partition coefficient (Wildman–Crippen LogP) is 3.25. The number of esters is 1. The Kier molecular flexibility index (Phi) is 7.62. The molecule has 0 bridgehead atoms. The second-order valence-electron chi connectivity index (χ2n) is 6.73. The minimum Gasteiger partial charge on any atom is -0.481 e. The van der Waals surface area contributed by atoms with Crippen molar-refractivity contribution in [2.45, 2.75) is 13.3 Å². The van der Waals surface area contributed by atoms with Gasteiger partial charge in [0, 0.05) is 18.8 Å². The molecule has 0 radical (unpaired) electrons. The summed E-state index contributed by atoms with van der Waals surface area (Å²) in [4.78, 5) is 26.9. The van der Waals surface area contributed by atoms with Crippen molar-refractivity contribution in [2.75, 3.05) is 49.7 Å². The van der Waals surface area contributed by atoms with Gasteiger partial charge in [-0.25, -0.2) is 9.18 Å². The van der Waals surface area contributed by atoms with Gasteiger partial charge in [0.1, 0.15) is 0 Å². The SMILES string of the molecule is CCCOC(=O)c1cc(NC(=O)COc2ccccc2F)ccc1N1CCOCC1. The smallest absolute Gasteiger partial charge is 0.340 e. The van der Waals surface area contributed by atoms with Gasteiger partial charge in [0.2, 0.25) is 0 Å². The highest BCUT2D eigenvalue weighted by Gasteiger charge is 2.21. The molecular formula is C22H25FN2O5. The Morgan fingerprint density at radius 1 is 1.17 bits per heavy atom. The first-order valence-electron chi connectivity index (χ1n) is 9.89. The molecule has 3 rings (SSSR count). The van der Waals surface area contributed by atoms with E-state index in [1.807, 2.05) is 6.92 Å². The Hall–Kier alpha value is -3.13. The van der Waals surface area contributed by atoms with Crippen LogP contribution in [0.5, 0.6) is 5.75 Å². The molecule has 1 N–H and O–H groups in total. The predicted molar refractivity (Wildman–Crippen MR) is 111 cm³/mol. The molecule has 1 aliphatic heterocycles. The van der Waals surface area contributed by atoms with Crippen LogP contribution in [-0.4, -0.2) is 51.4 Å². The van der Waals surface area contributed by atoms with Crippen molar-refractivity contribution >= 4 is 23.3 Å². The lowest BCUT2D eigenvalue weighted by molar-refractivity contribution is -0.118. The van der Waals surface area contributed by atoms with E-state index in [9.17, 15) is 14.0 Å². The van der Waals surface area contributed by atoms with E-state index in [-0.39, 0.29) is 12.4 Å². The van der Waals surface area contributed by atoms with Crippen LogP contribution in [0, 0.1) is 5.82 Å². The van der Waals surface area contributed by atoms with E-state index in [4.69, 9.17) is 14.2 Å². The van der Waals surface area contributed by atoms with Crippen LogP contribution in [0.25, 0.3) is 0 Å². The summed E-state index contributed by atoms with van der Waals surface area (Å²) >= 11 is 0. The van der Waals surface area contributed by atoms with Gasteiger partial charge in [-0.05, 0) is 36.8 Å². The number of carbonyl (C=O) groups is 2. The zero-order valence-electron chi connectivity index (χ0n) is 16.9. The van der Waals surface area contributed by atoms with Gasteiger partial charge in [0.15, 0.2) is 18.2 Å². The molecule has 1 saturated heterocycles. The van der Waals surface area contributed by atoms with Crippen molar-refractivity contribution in [3.8, 4) is 5.75 Å². The van der Waals surface area contributed by atoms with Crippen molar-refractivity contribution in [1.29, 1.82) is 0 Å². The van der Waals surface area contributed by atoms with E-state index in [0.29, 0.717) is 50.6 Å². The third kappa shape index (κ3) is 5.70. The number of hydrogen-bond acceptors (Lipinski definition) is 6. The maximum atomic E-state index is 13.6. The highest BCUT2D eigenvalue weighted by molar-refractivity contribution is 5.99. The van der Waals surface area contributed by atoms with Gasteiger partial charge in [-0.15, -0.1) is 0 Å². The Balaban J connectivity index is 1.71. The standard InChI is InChI=1S/C22H25FN2O5/c1-2-11-29-22(27)17-14-16(7-8-19(17)25-9-12-28-13-10-25)24-21(26)15-30-20-6-4-3-5-18(20)23/h3-8,14H,2,9-13,15H2,1H3,(H,24,26). The monoisotopic (exact) mass is 416 g/mol. The van der Waals surface area contributed by atoms with Crippen molar-refractivity contribution < 1.29 is 28.2 Å². The quantitative estimate of drug-likeness (QED) is 0.666. The Bertz CT molecular complexity index is 884. The lowest BCUT2D eigenvalue weighted by atomic mass is 10.1. The molecule has 160 valence electrons. The van der Waals surface area contributed by atoms with Crippen LogP contribution in [0.2, 0.25) is 0 Å². The summed E-state index contributed by atoms with van der Waals surface area (Å²) in [5, 5.41) is 2.68. The van der Waals surface area contributed by atoms with Crippen LogP contribution in [0.4, 0.5) is 15.8 Å². The molecule has 8 heteroatoms. The van der Waals surface area contributed by atoms with E-state index >= 15 is 0 Å². The summed E-state index contributed by atoms with van der Waals surface area (Å²) in [6.45, 7) is 4.36. The Morgan fingerprint density at radius 2 is 1.93 bits per heavy atom. The Labute approximate surface area is 174 Å².